The normalized spacial score (nSPS) is 17.3. The van der Waals surface area contributed by atoms with Crippen molar-refractivity contribution < 1.29 is 9.21 Å². The van der Waals surface area contributed by atoms with Gasteiger partial charge in [-0.05, 0) is 49.5 Å². The minimum Gasteiger partial charge on any atom is -0.469 e. The minimum atomic E-state index is 0.0998. The van der Waals surface area contributed by atoms with Crippen molar-refractivity contribution in [3.8, 4) is 0 Å². The molecule has 2 aromatic rings. The van der Waals surface area contributed by atoms with E-state index in [1.165, 1.54) is 30.6 Å². The van der Waals surface area contributed by atoms with E-state index >= 15 is 0 Å². The average Bonchev–Trinajstić information content (AvgIpc) is 3.24. The first-order valence-corrected chi connectivity index (χ1v) is 9.77. The van der Waals surface area contributed by atoms with E-state index in [0.717, 1.165) is 18.8 Å². The van der Waals surface area contributed by atoms with Crippen molar-refractivity contribution in [2.75, 3.05) is 19.6 Å². The van der Waals surface area contributed by atoms with Crippen LogP contribution in [0.4, 0.5) is 0 Å². The van der Waals surface area contributed by atoms with Crippen molar-refractivity contribution in [3.63, 3.8) is 0 Å². The Hall–Kier alpha value is -1.59. The highest BCUT2D eigenvalue weighted by Gasteiger charge is 2.22. The maximum Gasteiger partial charge on any atom is 0.220 e. The fourth-order valence-corrected chi connectivity index (χ4v) is 4.15. The number of aryl methyl sites for hydroxylation is 1. The minimum absolute atomic E-state index is 0.0998. The van der Waals surface area contributed by atoms with Gasteiger partial charge < -0.3 is 9.73 Å². The predicted octanol–water partition coefficient (Wildman–Crippen LogP) is 4.01. The topological polar surface area (TPSA) is 45.5 Å². The Kier molecular flexibility index (Phi) is 6.49. The fourth-order valence-electron chi connectivity index (χ4n) is 3.29. The lowest BCUT2D eigenvalue weighted by molar-refractivity contribution is -0.121. The van der Waals surface area contributed by atoms with E-state index in [0.29, 0.717) is 25.4 Å². The van der Waals surface area contributed by atoms with Gasteiger partial charge in [0.05, 0.1) is 12.3 Å². The second-order valence-electron chi connectivity index (χ2n) is 6.36. The zero-order valence-corrected chi connectivity index (χ0v) is 14.9. The standard InChI is InChI=1S/C19H26N2O2S/c22-19(10-9-16-7-5-13-23-16)20-15-17(18-8-6-14-24-18)21-11-3-1-2-4-12-21/h5-8,13-14,17H,1-4,9-12,15H2,(H,20,22). The molecule has 1 saturated heterocycles. The number of thiophene rings is 1. The molecule has 24 heavy (non-hydrogen) atoms. The molecule has 0 spiro atoms. The van der Waals surface area contributed by atoms with Gasteiger partial charge in [0.15, 0.2) is 0 Å². The summed E-state index contributed by atoms with van der Waals surface area (Å²) < 4.78 is 5.29. The highest BCUT2D eigenvalue weighted by Crippen LogP contribution is 2.27. The van der Waals surface area contributed by atoms with Crippen LogP contribution in [0.5, 0.6) is 0 Å². The summed E-state index contributed by atoms with van der Waals surface area (Å²) >= 11 is 1.79. The maximum atomic E-state index is 12.2. The number of rotatable bonds is 7. The largest absolute Gasteiger partial charge is 0.469 e. The molecule has 130 valence electrons. The molecular weight excluding hydrogens is 320 g/mol. The van der Waals surface area contributed by atoms with Gasteiger partial charge in [0, 0.05) is 24.3 Å². The molecule has 1 aliphatic rings. The number of furan rings is 1. The number of nitrogens with zero attached hydrogens (tertiary/aromatic N) is 1. The summed E-state index contributed by atoms with van der Waals surface area (Å²) in [5.74, 6) is 0.968. The summed E-state index contributed by atoms with van der Waals surface area (Å²) in [6, 6.07) is 8.37. The molecule has 3 heterocycles. The van der Waals surface area contributed by atoms with E-state index in [9.17, 15) is 4.79 Å². The van der Waals surface area contributed by atoms with Gasteiger partial charge in [-0.3, -0.25) is 9.69 Å². The molecular formula is C19H26N2O2S. The molecule has 5 heteroatoms. The highest BCUT2D eigenvalue weighted by atomic mass is 32.1. The molecule has 1 unspecified atom stereocenters. The van der Waals surface area contributed by atoms with E-state index in [1.807, 2.05) is 12.1 Å². The summed E-state index contributed by atoms with van der Waals surface area (Å²) in [4.78, 5) is 16.1. The van der Waals surface area contributed by atoms with E-state index in [2.05, 4.69) is 27.7 Å². The molecule has 1 fully saturated rings. The van der Waals surface area contributed by atoms with E-state index < -0.39 is 0 Å². The van der Waals surface area contributed by atoms with Crippen molar-refractivity contribution in [2.24, 2.45) is 0 Å². The SMILES string of the molecule is O=C(CCc1ccco1)NCC(c1cccs1)N1CCCCCC1. The lowest BCUT2D eigenvalue weighted by Crippen LogP contribution is -2.38. The summed E-state index contributed by atoms with van der Waals surface area (Å²) in [5.41, 5.74) is 0. The van der Waals surface area contributed by atoms with Crippen LogP contribution < -0.4 is 5.32 Å². The Bertz CT molecular complexity index is 587. The lowest BCUT2D eigenvalue weighted by atomic mass is 10.1. The van der Waals surface area contributed by atoms with Gasteiger partial charge in [0.2, 0.25) is 5.91 Å². The third-order valence-electron chi connectivity index (χ3n) is 4.62. The molecule has 1 amide bonds. The van der Waals surface area contributed by atoms with E-state index in [1.54, 1.807) is 17.6 Å². The van der Waals surface area contributed by atoms with Gasteiger partial charge in [0.1, 0.15) is 5.76 Å². The van der Waals surface area contributed by atoms with Crippen molar-refractivity contribution in [2.45, 2.75) is 44.6 Å². The summed E-state index contributed by atoms with van der Waals surface area (Å²) in [6.45, 7) is 2.95. The Balaban J connectivity index is 1.54. The molecule has 1 atom stereocenters. The average molecular weight is 346 g/mol. The van der Waals surface area contributed by atoms with Crippen LogP contribution in [0.3, 0.4) is 0 Å². The first kappa shape index (κ1) is 17.2. The van der Waals surface area contributed by atoms with Crippen LogP contribution in [0.25, 0.3) is 0 Å². The summed E-state index contributed by atoms with van der Waals surface area (Å²) in [6.07, 6.45) is 7.95. The number of nitrogens with one attached hydrogen (secondary N) is 1. The van der Waals surface area contributed by atoms with Gasteiger partial charge in [-0.2, -0.15) is 0 Å². The number of likely N-dealkylation sites (tertiary alicyclic amines) is 1. The molecule has 0 bridgehead atoms. The van der Waals surface area contributed by atoms with Crippen molar-refractivity contribution >= 4 is 17.2 Å². The predicted molar refractivity (Wildman–Crippen MR) is 97.1 cm³/mol. The third-order valence-corrected chi connectivity index (χ3v) is 5.60. The smallest absolute Gasteiger partial charge is 0.220 e. The van der Waals surface area contributed by atoms with E-state index in [4.69, 9.17) is 4.42 Å². The Morgan fingerprint density at radius 2 is 2.04 bits per heavy atom. The first-order valence-electron chi connectivity index (χ1n) is 8.89. The number of carbonyl (C=O) groups excluding carboxylic acids is 1. The second-order valence-corrected chi connectivity index (χ2v) is 7.34. The van der Waals surface area contributed by atoms with Crippen LogP contribution in [-0.2, 0) is 11.2 Å². The Morgan fingerprint density at radius 1 is 1.21 bits per heavy atom. The Labute approximate surface area is 147 Å². The van der Waals surface area contributed by atoms with Gasteiger partial charge in [-0.25, -0.2) is 0 Å². The van der Waals surface area contributed by atoms with Gasteiger partial charge in [0.25, 0.3) is 0 Å². The fraction of sp³-hybridized carbons (Fsp3) is 0.526. The zero-order valence-electron chi connectivity index (χ0n) is 14.1. The van der Waals surface area contributed by atoms with Crippen LogP contribution in [0, 0.1) is 0 Å². The molecule has 0 aliphatic carbocycles. The van der Waals surface area contributed by atoms with Crippen LogP contribution in [0.15, 0.2) is 40.3 Å². The summed E-state index contributed by atoms with van der Waals surface area (Å²) in [5, 5.41) is 5.26. The molecule has 1 N–H and O–H groups in total. The quantitative estimate of drug-likeness (QED) is 0.824. The molecule has 2 aromatic heterocycles. The van der Waals surface area contributed by atoms with Crippen LogP contribution in [-0.4, -0.2) is 30.4 Å². The first-order chi connectivity index (χ1) is 11.8. The van der Waals surface area contributed by atoms with Crippen LogP contribution in [0.2, 0.25) is 0 Å². The Morgan fingerprint density at radius 3 is 2.71 bits per heavy atom. The monoisotopic (exact) mass is 346 g/mol. The number of hydrogen-bond acceptors (Lipinski definition) is 4. The molecule has 3 rings (SSSR count). The van der Waals surface area contributed by atoms with Crippen molar-refractivity contribution in [1.82, 2.24) is 10.2 Å². The van der Waals surface area contributed by atoms with Gasteiger partial charge >= 0.3 is 0 Å². The maximum absolute atomic E-state index is 12.2. The third kappa shape index (κ3) is 4.95. The van der Waals surface area contributed by atoms with Crippen molar-refractivity contribution in [3.05, 3.63) is 46.5 Å². The molecule has 4 nitrogen and oxygen atoms in total. The summed E-state index contributed by atoms with van der Waals surface area (Å²) in [7, 11) is 0. The number of carbonyl (C=O) groups is 1. The zero-order chi connectivity index (χ0) is 16.6. The number of hydrogen-bond donors (Lipinski definition) is 1. The van der Waals surface area contributed by atoms with Gasteiger partial charge in [-0.15, -0.1) is 11.3 Å². The molecule has 1 aliphatic heterocycles. The van der Waals surface area contributed by atoms with E-state index in [-0.39, 0.29) is 5.91 Å². The second kappa shape index (κ2) is 9.04. The highest BCUT2D eigenvalue weighted by molar-refractivity contribution is 7.10. The van der Waals surface area contributed by atoms with Gasteiger partial charge in [-0.1, -0.05) is 18.9 Å². The molecule has 0 radical (unpaired) electrons. The number of amides is 1. The molecule has 0 saturated carbocycles. The van der Waals surface area contributed by atoms with Crippen LogP contribution in [0.1, 0.15) is 48.8 Å². The van der Waals surface area contributed by atoms with Crippen molar-refractivity contribution in [1.29, 1.82) is 0 Å². The van der Waals surface area contributed by atoms with Crippen LogP contribution >= 0.6 is 11.3 Å². The molecule has 0 aromatic carbocycles. The lowest BCUT2D eigenvalue weighted by Gasteiger charge is -2.30.